The van der Waals surface area contributed by atoms with Crippen molar-refractivity contribution in [1.29, 1.82) is 0 Å². The Kier molecular flexibility index (Phi) is 5.57. The van der Waals surface area contributed by atoms with E-state index >= 15 is 0 Å². The summed E-state index contributed by atoms with van der Waals surface area (Å²) in [5, 5.41) is 12.0. The molecule has 1 aliphatic rings. The quantitative estimate of drug-likeness (QED) is 0.583. The summed E-state index contributed by atoms with van der Waals surface area (Å²) < 4.78 is 7.32. The molecule has 1 fully saturated rings. The first-order valence-electron chi connectivity index (χ1n) is 8.67. The standard InChI is InChI=1S/C17H23N5O3S/c1-9-14(11(3)23)10(2)18-15(9)16(24)12(4)26-17-19-20-21-22(17)8-13-6-5-7-25-13/h12-13,18H,5-8H2,1-4H3/t12-,13-/m0/s1. The van der Waals surface area contributed by atoms with Crippen LogP contribution in [0.25, 0.3) is 0 Å². The number of carbonyl (C=O) groups excluding carboxylic acids is 2. The molecule has 0 spiro atoms. The highest BCUT2D eigenvalue weighted by molar-refractivity contribution is 8.00. The molecule has 0 amide bonds. The van der Waals surface area contributed by atoms with Crippen molar-refractivity contribution in [3.63, 3.8) is 0 Å². The van der Waals surface area contributed by atoms with Gasteiger partial charge in [0.2, 0.25) is 5.16 Å². The normalized spacial score (nSPS) is 18.2. The molecule has 2 aromatic heterocycles. The van der Waals surface area contributed by atoms with Gasteiger partial charge in [-0.15, -0.1) is 5.10 Å². The van der Waals surface area contributed by atoms with Crippen molar-refractivity contribution in [2.45, 2.75) is 63.6 Å². The van der Waals surface area contributed by atoms with Crippen molar-refractivity contribution >= 4 is 23.3 Å². The van der Waals surface area contributed by atoms with E-state index in [2.05, 4.69) is 20.5 Å². The number of H-pyrrole nitrogens is 1. The Morgan fingerprint density at radius 3 is 2.81 bits per heavy atom. The average Bonchev–Trinajstić information content (AvgIpc) is 3.29. The number of ketones is 2. The molecule has 140 valence electrons. The maximum atomic E-state index is 12.9. The van der Waals surface area contributed by atoms with E-state index in [1.807, 2.05) is 6.92 Å². The molecule has 0 aliphatic carbocycles. The van der Waals surface area contributed by atoms with Crippen LogP contribution in [0.5, 0.6) is 0 Å². The Bertz CT molecular complexity index is 822. The van der Waals surface area contributed by atoms with E-state index in [-0.39, 0.29) is 22.9 Å². The van der Waals surface area contributed by atoms with Gasteiger partial charge in [0.15, 0.2) is 11.6 Å². The fraction of sp³-hybridized carbons (Fsp3) is 0.588. The number of nitrogens with zero attached hydrogens (tertiary/aromatic N) is 4. The van der Waals surface area contributed by atoms with Crippen LogP contribution in [0.4, 0.5) is 0 Å². The number of hydrogen-bond acceptors (Lipinski definition) is 7. The number of ether oxygens (including phenoxy) is 1. The van der Waals surface area contributed by atoms with E-state index in [0.29, 0.717) is 28.5 Å². The van der Waals surface area contributed by atoms with Gasteiger partial charge < -0.3 is 9.72 Å². The summed E-state index contributed by atoms with van der Waals surface area (Å²) >= 11 is 1.31. The minimum Gasteiger partial charge on any atom is -0.376 e. The topological polar surface area (TPSA) is 103 Å². The number of thioether (sulfide) groups is 1. The van der Waals surface area contributed by atoms with E-state index in [1.165, 1.54) is 18.7 Å². The zero-order valence-electron chi connectivity index (χ0n) is 15.4. The third kappa shape index (κ3) is 3.73. The van der Waals surface area contributed by atoms with Gasteiger partial charge in [0.1, 0.15) is 0 Å². The molecule has 0 radical (unpaired) electrons. The number of rotatable bonds is 7. The van der Waals surface area contributed by atoms with Crippen molar-refractivity contribution in [3.05, 3.63) is 22.5 Å². The number of tetrazole rings is 1. The Balaban J connectivity index is 1.73. The predicted octanol–water partition coefficient (Wildman–Crippen LogP) is 2.36. The minimum absolute atomic E-state index is 0.0453. The molecule has 0 unspecified atom stereocenters. The minimum atomic E-state index is -0.388. The summed E-state index contributed by atoms with van der Waals surface area (Å²) in [6.07, 6.45) is 2.16. The number of aromatic nitrogens is 5. The molecular weight excluding hydrogens is 354 g/mol. The first-order chi connectivity index (χ1) is 12.4. The van der Waals surface area contributed by atoms with Gasteiger partial charge in [-0.2, -0.15) is 0 Å². The number of carbonyl (C=O) groups is 2. The monoisotopic (exact) mass is 377 g/mol. The van der Waals surface area contributed by atoms with Crippen LogP contribution in [-0.2, 0) is 11.3 Å². The van der Waals surface area contributed by atoms with E-state index < -0.39 is 0 Å². The van der Waals surface area contributed by atoms with Crippen LogP contribution in [-0.4, -0.2) is 54.7 Å². The lowest BCUT2D eigenvalue weighted by Gasteiger charge is -2.12. The lowest BCUT2D eigenvalue weighted by atomic mass is 10.0. The van der Waals surface area contributed by atoms with Gasteiger partial charge in [-0.1, -0.05) is 11.8 Å². The van der Waals surface area contributed by atoms with Crippen molar-refractivity contribution in [2.24, 2.45) is 0 Å². The SMILES string of the molecule is CC(=O)c1c(C)[nH]c(C(=O)[C@H](C)Sc2nnnn2C[C@@H]2CCCO2)c1C. The number of nitrogens with one attached hydrogen (secondary N) is 1. The molecule has 2 aromatic rings. The number of aromatic amines is 1. The molecule has 3 rings (SSSR count). The Hall–Kier alpha value is -2.00. The molecule has 8 nitrogen and oxygen atoms in total. The highest BCUT2D eigenvalue weighted by Gasteiger charge is 2.26. The van der Waals surface area contributed by atoms with Gasteiger partial charge in [0.05, 0.1) is 23.6 Å². The summed E-state index contributed by atoms with van der Waals surface area (Å²) in [6.45, 7) is 8.29. The van der Waals surface area contributed by atoms with Crippen molar-refractivity contribution < 1.29 is 14.3 Å². The largest absolute Gasteiger partial charge is 0.376 e. The Labute approximate surface area is 156 Å². The Morgan fingerprint density at radius 1 is 1.42 bits per heavy atom. The summed E-state index contributed by atoms with van der Waals surface area (Å²) in [4.78, 5) is 27.7. The second-order valence-corrected chi connectivity index (χ2v) is 7.89. The van der Waals surface area contributed by atoms with Crippen LogP contribution >= 0.6 is 11.8 Å². The van der Waals surface area contributed by atoms with Crippen LogP contribution in [0, 0.1) is 13.8 Å². The van der Waals surface area contributed by atoms with Crippen LogP contribution in [0.3, 0.4) is 0 Å². The molecule has 1 saturated heterocycles. The van der Waals surface area contributed by atoms with Crippen molar-refractivity contribution in [1.82, 2.24) is 25.2 Å². The third-order valence-corrected chi connectivity index (χ3v) is 5.66. The van der Waals surface area contributed by atoms with Crippen LogP contribution in [0.1, 0.15) is 58.8 Å². The molecule has 0 aromatic carbocycles. The van der Waals surface area contributed by atoms with Gasteiger partial charge in [-0.05, 0) is 56.5 Å². The first kappa shape index (κ1) is 18.8. The maximum absolute atomic E-state index is 12.9. The van der Waals surface area contributed by atoms with Gasteiger partial charge >= 0.3 is 0 Å². The van der Waals surface area contributed by atoms with Gasteiger partial charge in [0, 0.05) is 17.9 Å². The van der Waals surface area contributed by atoms with E-state index in [4.69, 9.17) is 4.74 Å². The number of Topliss-reactive ketones (excluding diaryl/α,β-unsaturated/α-hetero) is 2. The molecule has 9 heteroatoms. The molecule has 26 heavy (non-hydrogen) atoms. The first-order valence-corrected chi connectivity index (χ1v) is 9.55. The molecule has 3 heterocycles. The average molecular weight is 377 g/mol. The maximum Gasteiger partial charge on any atom is 0.210 e. The summed E-state index contributed by atoms with van der Waals surface area (Å²) in [5.74, 6) is -0.120. The van der Waals surface area contributed by atoms with Gasteiger partial charge in [-0.25, -0.2) is 4.68 Å². The predicted molar refractivity (Wildman–Crippen MR) is 96.7 cm³/mol. The zero-order valence-corrected chi connectivity index (χ0v) is 16.2. The van der Waals surface area contributed by atoms with Gasteiger partial charge in [-0.3, -0.25) is 9.59 Å². The molecular formula is C17H23N5O3S. The number of aryl methyl sites for hydroxylation is 1. The molecule has 1 aliphatic heterocycles. The molecule has 1 N–H and O–H groups in total. The third-order valence-electron chi connectivity index (χ3n) is 4.59. The highest BCUT2D eigenvalue weighted by atomic mass is 32.2. The second-order valence-electron chi connectivity index (χ2n) is 6.58. The molecule has 0 saturated carbocycles. The molecule has 2 atom stereocenters. The lowest BCUT2D eigenvalue weighted by molar-refractivity contribution is 0.0911. The summed E-state index contributed by atoms with van der Waals surface area (Å²) in [6, 6.07) is 0. The Morgan fingerprint density at radius 2 is 2.19 bits per heavy atom. The zero-order chi connectivity index (χ0) is 18.8. The van der Waals surface area contributed by atoms with E-state index in [0.717, 1.165) is 25.1 Å². The van der Waals surface area contributed by atoms with Crippen molar-refractivity contribution in [2.75, 3.05) is 6.61 Å². The number of hydrogen-bond donors (Lipinski definition) is 1. The highest BCUT2D eigenvalue weighted by Crippen LogP contribution is 2.27. The molecule has 0 bridgehead atoms. The second kappa shape index (κ2) is 7.71. The fourth-order valence-electron chi connectivity index (χ4n) is 3.32. The summed E-state index contributed by atoms with van der Waals surface area (Å²) in [7, 11) is 0. The fourth-order valence-corrected chi connectivity index (χ4v) is 4.17. The van der Waals surface area contributed by atoms with Gasteiger partial charge in [0.25, 0.3) is 0 Å². The van der Waals surface area contributed by atoms with E-state index in [9.17, 15) is 9.59 Å². The van der Waals surface area contributed by atoms with Crippen LogP contribution in [0.2, 0.25) is 0 Å². The lowest BCUT2D eigenvalue weighted by Crippen LogP contribution is -2.19. The van der Waals surface area contributed by atoms with Crippen LogP contribution < -0.4 is 0 Å². The smallest absolute Gasteiger partial charge is 0.210 e. The van der Waals surface area contributed by atoms with E-state index in [1.54, 1.807) is 18.5 Å². The summed E-state index contributed by atoms with van der Waals surface area (Å²) in [5.41, 5.74) is 2.49. The van der Waals surface area contributed by atoms with Crippen molar-refractivity contribution in [3.8, 4) is 0 Å². The van der Waals surface area contributed by atoms with Crippen LogP contribution in [0.15, 0.2) is 5.16 Å².